The van der Waals surface area contributed by atoms with Crippen LogP contribution in [0.1, 0.15) is 6.92 Å². The summed E-state index contributed by atoms with van der Waals surface area (Å²) in [6, 6.07) is 0. The van der Waals surface area contributed by atoms with Crippen LogP contribution in [0.15, 0.2) is 9.98 Å². The molecule has 16 heteroatoms. The molecule has 0 radical (unpaired) electrons. The first kappa shape index (κ1) is 23.0. The SMILES string of the molecule is CC1C2O[P+](=O)OC[C@H]3O[C@@H](N=CN)C(OP(O)(=S)OC[C@H]2O[C@H]1N=CN)C3F. The van der Waals surface area contributed by atoms with E-state index >= 15 is 0 Å². The van der Waals surface area contributed by atoms with Crippen molar-refractivity contribution < 1.29 is 41.4 Å². The number of fused-ring (bicyclic) bond motifs is 3. The Morgan fingerprint density at radius 3 is 2.52 bits per heavy atom. The smallest absolute Gasteiger partial charge is 0.390 e. The maximum Gasteiger partial charge on any atom is 0.697 e. The van der Waals surface area contributed by atoms with Gasteiger partial charge in [-0.3, -0.25) is 4.52 Å². The lowest BCUT2D eigenvalue weighted by Gasteiger charge is -2.24. The topological polar surface area (TPSA) is 169 Å². The van der Waals surface area contributed by atoms with Crippen molar-refractivity contribution >= 4 is 39.5 Å². The summed E-state index contributed by atoms with van der Waals surface area (Å²) in [5.74, 6) is -0.376. The normalized spacial score (nSPS) is 48.3. The first-order valence-electron chi connectivity index (χ1n) is 8.60. The van der Waals surface area contributed by atoms with Gasteiger partial charge in [-0.25, -0.2) is 14.4 Å². The molecule has 6 unspecified atom stereocenters. The Morgan fingerprint density at radius 1 is 1.17 bits per heavy atom. The van der Waals surface area contributed by atoms with Crippen LogP contribution < -0.4 is 11.5 Å². The third-order valence-corrected chi connectivity index (χ3v) is 6.92. The second-order valence-corrected chi connectivity index (χ2v) is 10.2. The number of nitrogens with two attached hydrogens (primary N) is 2. The molecule has 0 aromatic carbocycles. The molecule has 12 nitrogen and oxygen atoms in total. The molecule has 3 aliphatic rings. The monoisotopic (exact) mass is 475 g/mol. The van der Waals surface area contributed by atoms with Crippen LogP contribution in [0, 0.1) is 5.92 Å². The Balaban J connectivity index is 1.83. The van der Waals surface area contributed by atoms with Gasteiger partial charge in [0.05, 0.1) is 19.3 Å². The van der Waals surface area contributed by atoms with Crippen molar-refractivity contribution in [2.75, 3.05) is 13.2 Å². The van der Waals surface area contributed by atoms with E-state index in [0.717, 1.165) is 12.7 Å². The fraction of sp³-hybridized carbons (Fsp3) is 0.846. The minimum Gasteiger partial charge on any atom is -0.390 e. The molecular weight excluding hydrogens is 453 g/mol. The molecule has 3 heterocycles. The highest BCUT2D eigenvalue weighted by Gasteiger charge is 2.52. The fourth-order valence-corrected chi connectivity index (χ4v) is 5.46. The highest BCUT2D eigenvalue weighted by atomic mass is 32.5. The molecule has 0 spiro atoms. The van der Waals surface area contributed by atoms with Gasteiger partial charge in [0.1, 0.15) is 24.9 Å². The summed E-state index contributed by atoms with van der Waals surface area (Å²) in [7, 11) is -2.66. The highest BCUT2D eigenvalue weighted by molar-refractivity contribution is 8.07. The molecule has 3 saturated heterocycles. The van der Waals surface area contributed by atoms with Crippen LogP contribution in [-0.2, 0) is 43.9 Å². The number of halogens is 1. The summed E-state index contributed by atoms with van der Waals surface area (Å²) in [5.41, 5.74) is 10.6. The van der Waals surface area contributed by atoms with Crippen LogP contribution >= 0.6 is 15.0 Å². The van der Waals surface area contributed by atoms with Crippen LogP contribution in [-0.4, -0.2) is 73.8 Å². The van der Waals surface area contributed by atoms with Crippen LogP contribution in [0.3, 0.4) is 0 Å². The Morgan fingerprint density at radius 2 is 1.83 bits per heavy atom. The van der Waals surface area contributed by atoms with Crippen molar-refractivity contribution in [1.82, 2.24) is 0 Å². The molecule has 0 aliphatic carbocycles. The van der Waals surface area contributed by atoms with Crippen molar-refractivity contribution in [2.45, 2.75) is 50.0 Å². The second-order valence-electron chi connectivity index (χ2n) is 6.45. The average molecular weight is 475 g/mol. The predicted molar refractivity (Wildman–Crippen MR) is 103 cm³/mol. The van der Waals surface area contributed by atoms with Crippen LogP contribution in [0.25, 0.3) is 0 Å². The highest BCUT2D eigenvalue weighted by Crippen LogP contribution is 2.50. The molecule has 0 aromatic rings. The number of aliphatic imine (C=N–C) groups is 2. The molecule has 0 aromatic heterocycles. The molecular formula is C13H22FN4O8P2S+. The maximum atomic E-state index is 14.8. The largest absolute Gasteiger partial charge is 0.697 e. The quantitative estimate of drug-likeness (QED) is 0.281. The lowest BCUT2D eigenvalue weighted by molar-refractivity contribution is -0.0270. The molecule has 10 atom stereocenters. The lowest BCUT2D eigenvalue weighted by Crippen LogP contribution is -2.33. The summed E-state index contributed by atoms with van der Waals surface area (Å²) < 4.78 is 59.3. The van der Waals surface area contributed by atoms with Crippen LogP contribution in [0.2, 0.25) is 0 Å². The van der Waals surface area contributed by atoms with E-state index in [2.05, 4.69) is 9.98 Å². The van der Waals surface area contributed by atoms with Gasteiger partial charge in [-0.1, -0.05) is 6.92 Å². The van der Waals surface area contributed by atoms with Gasteiger partial charge in [-0.15, -0.1) is 9.05 Å². The van der Waals surface area contributed by atoms with Gasteiger partial charge in [-0.05, 0) is 11.8 Å². The number of nitrogens with zero attached hydrogens (tertiary/aromatic N) is 2. The van der Waals surface area contributed by atoms with Gasteiger partial charge >= 0.3 is 15.0 Å². The molecule has 0 amide bonds. The molecule has 0 saturated carbocycles. The molecule has 3 aliphatic heterocycles. The predicted octanol–water partition coefficient (Wildman–Crippen LogP) is 0.0758. The number of hydrogen-bond donors (Lipinski definition) is 3. The molecule has 3 rings (SSSR count). The number of hydrogen-bond acceptors (Lipinski definition) is 10. The molecule has 29 heavy (non-hydrogen) atoms. The van der Waals surface area contributed by atoms with Gasteiger partial charge in [0.2, 0.25) is 0 Å². The van der Waals surface area contributed by atoms with Crippen molar-refractivity contribution in [2.24, 2.45) is 27.4 Å². The third-order valence-electron chi connectivity index (χ3n) is 4.59. The zero-order chi connectivity index (χ0) is 21.2. The van der Waals surface area contributed by atoms with E-state index < -0.39 is 64.6 Å². The van der Waals surface area contributed by atoms with E-state index in [9.17, 15) is 13.8 Å². The molecule has 2 bridgehead atoms. The van der Waals surface area contributed by atoms with Crippen molar-refractivity contribution in [3.8, 4) is 0 Å². The number of ether oxygens (including phenoxy) is 2. The van der Waals surface area contributed by atoms with Crippen LogP contribution in [0.4, 0.5) is 4.39 Å². The zero-order valence-corrected chi connectivity index (χ0v) is 17.8. The Bertz CT molecular complexity index is 720. The lowest BCUT2D eigenvalue weighted by atomic mass is 10.0. The van der Waals surface area contributed by atoms with Gasteiger partial charge in [0.25, 0.3) is 0 Å². The average Bonchev–Trinajstić information content (AvgIpc) is 3.11. The zero-order valence-electron chi connectivity index (χ0n) is 15.2. The van der Waals surface area contributed by atoms with Gasteiger partial charge in [-0.2, -0.15) is 0 Å². The summed E-state index contributed by atoms with van der Waals surface area (Å²) in [6.45, 7) is -2.89. The number of rotatable bonds is 2. The van der Waals surface area contributed by atoms with Crippen LogP contribution in [0.5, 0.6) is 0 Å². The fourth-order valence-electron chi connectivity index (χ4n) is 3.20. The first-order chi connectivity index (χ1) is 13.8. The van der Waals surface area contributed by atoms with Gasteiger partial charge in [0.15, 0.2) is 24.7 Å². The molecule has 5 N–H and O–H groups in total. The van der Waals surface area contributed by atoms with E-state index in [1.807, 2.05) is 0 Å². The third kappa shape index (κ3) is 5.34. The maximum absolute atomic E-state index is 14.8. The van der Waals surface area contributed by atoms with Gasteiger partial charge < -0.3 is 30.4 Å². The Labute approximate surface area is 171 Å². The Kier molecular flexibility index (Phi) is 7.66. The minimum absolute atomic E-state index is 0.290. The standard InChI is InChI=1S/C13H21FN4O8P2S/c1-6-10-8(24-12(6)17-4-15)3-22-28(20,29)26-11-9(14)7(2-21-27(19)25-10)23-13(11)18-5-16/h4-13H,2-3H2,1H3,(H4-,15,16,17,18,20,29)/p+1/t6?,7-,8-,9?,10?,11?,12-,13-,28?/m1/s1. The van der Waals surface area contributed by atoms with Gasteiger partial charge in [0, 0.05) is 10.5 Å². The summed E-state index contributed by atoms with van der Waals surface area (Å²) in [5, 5.41) is 0. The summed E-state index contributed by atoms with van der Waals surface area (Å²) in [6.07, 6.45) is -5.89. The van der Waals surface area contributed by atoms with E-state index in [1.165, 1.54) is 0 Å². The summed E-state index contributed by atoms with van der Waals surface area (Å²) >= 11 is 4.99. The van der Waals surface area contributed by atoms with Crippen molar-refractivity contribution in [3.63, 3.8) is 0 Å². The van der Waals surface area contributed by atoms with E-state index in [4.69, 9.17) is 50.8 Å². The van der Waals surface area contributed by atoms with Crippen molar-refractivity contribution in [1.29, 1.82) is 0 Å². The first-order valence-corrected chi connectivity index (χ1v) is 12.3. The van der Waals surface area contributed by atoms with Crippen molar-refractivity contribution in [3.05, 3.63) is 0 Å². The van der Waals surface area contributed by atoms with E-state index in [1.54, 1.807) is 6.92 Å². The summed E-state index contributed by atoms with van der Waals surface area (Å²) in [4.78, 5) is 18.1. The second kappa shape index (κ2) is 9.65. The molecule has 3 fully saturated rings. The minimum atomic E-state index is -3.93. The van der Waals surface area contributed by atoms with E-state index in [0.29, 0.717) is 0 Å². The number of alkyl halides is 1. The Hall–Kier alpha value is -0.660. The van der Waals surface area contributed by atoms with E-state index in [-0.39, 0.29) is 12.5 Å². The molecule has 164 valence electrons.